The molecule has 0 atom stereocenters. The molecule has 0 spiro atoms. The number of imidazole rings is 1. The van der Waals surface area contributed by atoms with Crippen molar-refractivity contribution in [3.05, 3.63) is 59.9 Å². The number of benzene rings is 2. The number of fused-ring (bicyclic) bond motifs is 1. The molecule has 4 nitrogen and oxygen atoms in total. The molecule has 0 aliphatic rings. The molecule has 0 amide bonds. The molecule has 0 aliphatic carbocycles. The van der Waals surface area contributed by atoms with Gasteiger partial charge in [0, 0.05) is 0 Å². The van der Waals surface area contributed by atoms with E-state index in [9.17, 15) is 8.42 Å². The van der Waals surface area contributed by atoms with Crippen LogP contribution in [0.1, 0.15) is 31.2 Å². The van der Waals surface area contributed by atoms with Gasteiger partial charge in [0.25, 0.3) is 10.0 Å². The Balaban J connectivity index is 2.18. The Morgan fingerprint density at radius 2 is 1.64 bits per heavy atom. The molecule has 114 valence electrons. The van der Waals surface area contributed by atoms with Crippen molar-refractivity contribution in [2.24, 2.45) is 0 Å². The second-order valence-corrected chi connectivity index (χ2v) is 7.43. The molecule has 22 heavy (non-hydrogen) atoms. The molecule has 0 N–H and O–H groups in total. The van der Waals surface area contributed by atoms with Crippen molar-refractivity contribution in [3.8, 4) is 0 Å². The van der Waals surface area contributed by atoms with Crippen LogP contribution in [0.25, 0.3) is 11.0 Å². The normalized spacial score (nSPS) is 12.2. The number of hydrogen-bond donors (Lipinski definition) is 0. The molecular weight excluding hydrogens is 296 g/mol. The van der Waals surface area contributed by atoms with Gasteiger partial charge in [-0.25, -0.2) is 17.4 Å². The molecule has 0 aliphatic heterocycles. The zero-order valence-corrected chi connectivity index (χ0v) is 13.6. The van der Waals surface area contributed by atoms with Gasteiger partial charge >= 0.3 is 0 Å². The lowest BCUT2D eigenvalue weighted by Crippen LogP contribution is -2.14. The van der Waals surface area contributed by atoms with Crippen LogP contribution in [0, 0.1) is 6.92 Å². The van der Waals surface area contributed by atoms with Gasteiger partial charge in [0.1, 0.15) is 5.82 Å². The third-order valence-electron chi connectivity index (χ3n) is 3.76. The molecule has 2 aromatic carbocycles. The minimum atomic E-state index is -3.64. The maximum atomic E-state index is 12.9. The fraction of sp³-hybridized carbons (Fsp3) is 0.235. The number of rotatable bonds is 3. The first-order chi connectivity index (χ1) is 10.4. The van der Waals surface area contributed by atoms with Gasteiger partial charge in [0.2, 0.25) is 0 Å². The molecule has 0 bridgehead atoms. The lowest BCUT2D eigenvalue weighted by molar-refractivity contribution is 0.587. The van der Waals surface area contributed by atoms with Crippen LogP contribution >= 0.6 is 0 Å². The highest BCUT2D eigenvalue weighted by atomic mass is 32.2. The van der Waals surface area contributed by atoms with Crippen molar-refractivity contribution < 1.29 is 8.42 Å². The summed E-state index contributed by atoms with van der Waals surface area (Å²) >= 11 is 0. The molecular formula is C17H18N2O2S. The first-order valence-corrected chi connectivity index (χ1v) is 8.65. The van der Waals surface area contributed by atoms with E-state index in [2.05, 4.69) is 18.8 Å². The molecule has 0 radical (unpaired) electrons. The van der Waals surface area contributed by atoms with Crippen molar-refractivity contribution in [2.45, 2.75) is 31.6 Å². The molecule has 0 saturated carbocycles. The third-order valence-corrected chi connectivity index (χ3v) is 5.57. The predicted octanol–water partition coefficient (Wildman–Crippen LogP) is 3.71. The number of para-hydroxylation sites is 2. The number of aryl methyl sites for hydroxylation is 1. The van der Waals surface area contributed by atoms with Crippen LogP contribution in [0.5, 0.6) is 0 Å². The number of hydrogen-bond acceptors (Lipinski definition) is 3. The number of nitrogens with zero attached hydrogens (tertiary/aromatic N) is 2. The second-order valence-electron chi connectivity index (χ2n) is 5.64. The van der Waals surface area contributed by atoms with E-state index in [-0.39, 0.29) is 4.90 Å². The van der Waals surface area contributed by atoms with Gasteiger partial charge in [-0.2, -0.15) is 0 Å². The van der Waals surface area contributed by atoms with E-state index in [0.717, 1.165) is 5.56 Å². The van der Waals surface area contributed by atoms with Crippen LogP contribution in [0.2, 0.25) is 0 Å². The Labute approximate surface area is 130 Å². The Hall–Kier alpha value is -2.14. The largest absolute Gasteiger partial charge is 0.269 e. The van der Waals surface area contributed by atoms with Gasteiger partial charge in [-0.3, -0.25) is 0 Å². The van der Waals surface area contributed by atoms with Crippen LogP contribution in [0.15, 0.2) is 53.4 Å². The van der Waals surface area contributed by atoms with Gasteiger partial charge in [-0.15, -0.1) is 0 Å². The molecule has 5 heteroatoms. The average Bonchev–Trinajstić information content (AvgIpc) is 2.83. The lowest BCUT2D eigenvalue weighted by Gasteiger charge is -2.10. The maximum absolute atomic E-state index is 12.9. The van der Waals surface area contributed by atoms with Crippen molar-refractivity contribution >= 4 is 21.1 Å². The van der Waals surface area contributed by atoms with Gasteiger partial charge < -0.3 is 0 Å². The highest BCUT2D eigenvalue weighted by molar-refractivity contribution is 7.90. The quantitative estimate of drug-likeness (QED) is 0.740. The summed E-state index contributed by atoms with van der Waals surface area (Å²) in [5.41, 5.74) is 2.40. The van der Waals surface area contributed by atoms with E-state index in [4.69, 9.17) is 0 Å². The smallest absolute Gasteiger partial charge is 0.232 e. The topological polar surface area (TPSA) is 52.0 Å². The van der Waals surface area contributed by atoms with Crippen LogP contribution in [-0.2, 0) is 10.0 Å². The molecule has 3 aromatic rings. The van der Waals surface area contributed by atoms with Crippen molar-refractivity contribution in [1.82, 2.24) is 8.96 Å². The van der Waals surface area contributed by atoms with Gasteiger partial charge in [-0.05, 0) is 42.7 Å². The molecule has 0 fully saturated rings. The van der Waals surface area contributed by atoms with Gasteiger partial charge in [0.05, 0.1) is 15.9 Å². The monoisotopic (exact) mass is 314 g/mol. The first kappa shape index (κ1) is 14.8. The Morgan fingerprint density at radius 3 is 2.27 bits per heavy atom. The SMILES string of the molecule is Cc1nc2ccccc2n1S(=O)(=O)c1ccc(C(C)C)cc1. The van der Waals surface area contributed by atoms with E-state index >= 15 is 0 Å². The van der Waals surface area contributed by atoms with Crippen LogP contribution in [-0.4, -0.2) is 17.4 Å². The zero-order chi connectivity index (χ0) is 15.9. The predicted molar refractivity (Wildman–Crippen MR) is 87.6 cm³/mol. The van der Waals surface area contributed by atoms with Crippen LogP contribution < -0.4 is 0 Å². The lowest BCUT2D eigenvalue weighted by atomic mass is 10.0. The summed E-state index contributed by atoms with van der Waals surface area (Å²) in [6.45, 7) is 5.87. The summed E-state index contributed by atoms with van der Waals surface area (Å²) < 4.78 is 27.2. The van der Waals surface area contributed by atoms with E-state index in [1.165, 1.54) is 3.97 Å². The fourth-order valence-electron chi connectivity index (χ4n) is 2.56. The Bertz CT molecular complexity index is 923. The Kier molecular flexibility index (Phi) is 3.53. The van der Waals surface area contributed by atoms with Crippen molar-refractivity contribution in [1.29, 1.82) is 0 Å². The average molecular weight is 314 g/mol. The maximum Gasteiger partial charge on any atom is 0.269 e. The molecule has 1 aromatic heterocycles. The van der Waals surface area contributed by atoms with E-state index in [1.807, 2.05) is 30.3 Å². The third kappa shape index (κ3) is 2.31. The standard InChI is InChI=1S/C17H18N2O2S/c1-12(2)14-8-10-15(11-9-14)22(20,21)19-13(3)18-16-6-4-5-7-17(16)19/h4-12H,1-3H3. The summed E-state index contributed by atoms with van der Waals surface area (Å²) in [6.07, 6.45) is 0. The summed E-state index contributed by atoms with van der Waals surface area (Å²) in [4.78, 5) is 4.62. The second kappa shape index (κ2) is 5.25. The zero-order valence-electron chi connectivity index (χ0n) is 12.8. The number of aromatic nitrogens is 2. The van der Waals surface area contributed by atoms with E-state index in [1.54, 1.807) is 25.1 Å². The van der Waals surface area contributed by atoms with E-state index < -0.39 is 10.0 Å². The molecule has 3 rings (SSSR count). The summed E-state index contributed by atoms with van der Waals surface area (Å²) in [5, 5.41) is 0. The molecule has 0 saturated heterocycles. The minimum absolute atomic E-state index is 0.281. The van der Waals surface area contributed by atoms with E-state index in [0.29, 0.717) is 22.8 Å². The van der Waals surface area contributed by atoms with Crippen LogP contribution in [0.3, 0.4) is 0 Å². The van der Waals surface area contributed by atoms with Gasteiger partial charge in [-0.1, -0.05) is 38.1 Å². The molecule has 0 unspecified atom stereocenters. The summed E-state index contributed by atoms with van der Waals surface area (Å²) in [6, 6.07) is 14.3. The van der Waals surface area contributed by atoms with Crippen LogP contribution in [0.4, 0.5) is 0 Å². The summed E-state index contributed by atoms with van der Waals surface area (Å²) in [5.74, 6) is 0.835. The molecule has 1 heterocycles. The highest BCUT2D eigenvalue weighted by Crippen LogP contribution is 2.24. The summed E-state index contributed by atoms with van der Waals surface area (Å²) in [7, 11) is -3.64. The Morgan fingerprint density at radius 1 is 1.00 bits per heavy atom. The van der Waals surface area contributed by atoms with Crippen molar-refractivity contribution in [2.75, 3.05) is 0 Å². The van der Waals surface area contributed by atoms with Gasteiger partial charge in [0.15, 0.2) is 0 Å². The minimum Gasteiger partial charge on any atom is -0.232 e. The fourth-order valence-corrected chi connectivity index (χ4v) is 4.05. The van der Waals surface area contributed by atoms with Crippen molar-refractivity contribution in [3.63, 3.8) is 0 Å². The highest BCUT2D eigenvalue weighted by Gasteiger charge is 2.22. The first-order valence-electron chi connectivity index (χ1n) is 7.21.